The molecule has 4 nitrogen and oxygen atoms in total. The Labute approximate surface area is 108 Å². The number of hydrogen-bond donors (Lipinski definition) is 2. The first-order valence-corrected chi connectivity index (χ1v) is 6.26. The molecule has 0 amide bonds. The molecule has 0 aromatic heterocycles. The lowest BCUT2D eigenvalue weighted by atomic mass is 10.1. The van der Waals surface area contributed by atoms with Gasteiger partial charge in [-0.25, -0.2) is 0 Å². The normalized spacial score (nSPS) is 12.6. The second kappa shape index (κ2) is 7.84. The highest BCUT2D eigenvalue weighted by molar-refractivity contribution is 5.66. The zero-order valence-corrected chi connectivity index (χ0v) is 10.7. The molecule has 0 spiro atoms. The summed E-state index contributed by atoms with van der Waals surface area (Å²) in [5, 5.41) is 17.7. The first kappa shape index (κ1) is 14.7. The smallest absolute Gasteiger partial charge is 0.304 e. The molecule has 0 radical (unpaired) electrons. The topological polar surface area (TPSA) is 60.8 Å². The summed E-state index contributed by atoms with van der Waals surface area (Å²) in [6.07, 6.45) is 0.791. The van der Waals surface area contributed by atoms with Crippen LogP contribution in [0.25, 0.3) is 0 Å². The Balaban J connectivity index is 2.65. The maximum Gasteiger partial charge on any atom is 0.304 e. The van der Waals surface area contributed by atoms with Crippen LogP contribution in [0.5, 0.6) is 0 Å². The largest absolute Gasteiger partial charge is 0.481 e. The van der Waals surface area contributed by atoms with Crippen LogP contribution < -0.4 is 0 Å². The summed E-state index contributed by atoms with van der Waals surface area (Å²) in [5.74, 6) is -0.788. The number of aliphatic hydroxyl groups excluding tert-OH is 1. The Bertz CT molecular complexity index is 353. The molecule has 0 heterocycles. The SMILES string of the molecule is CC(c1ccccc1)N(CCCO)CCC(=O)O. The average Bonchev–Trinajstić information content (AvgIpc) is 2.39. The molecular formula is C14H21NO3. The third-order valence-corrected chi connectivity index (χ3v) is 3.05. The minimum absolute atomic E-state index is 0.128. The monoisotopic (exact) mass is 251 g/mol. The van der Waals surface area contributed by atoms with Gasteiger partial charge in [0.05, 0.1) is 6.42 Å². The van der Waals surface area contributed by atoms with Crippen molar-refractivity contribution in [1.82, 2.24) is 4.90 Å². The van der Waals surface area contributed by atoms with E-state index in [2.05, 4.69) is 11.8 Å². The summed E-state index contributed by atoms with van der Waals surface area (Å²) in [6.45, 7) is 3.41. The number of aliphatic carboxylic acids is 1. The molecule has 0 bridgehead atoms. The fourth-order valence-electron chi connectivity index (χ4n) is 1.95. The lowest BCUT2D eigenvalue weighted by molar-refractivity contribution is -0.137. The first-order valence-electron chi connectivity index (χ1n) is 6.26. The van der Waals surface area contributed by atoms with E-state index in [0.29, 0.717) is 19.5 Å². The number of aliphatic hydroxyl groups is 1. The zero-order valence-electron chi connectivity index (χ0n) is 10.7. The first-order chi connectivity index (χ1) is 8.65. The fraction of sp³-hybridized carbons (Fsp3) is 0.500. The number of rotatable bonds is 8. The molecule has 18 heavy (non-hydrogen) atoms. The standard InChI is InChI=1S/C14H21NO3/c1-12(13-6-3-2-4-7-13)15(9-5-11-16)10-8-14(17)18/h2-4,6-7,12,16H,5,8-11H2,1H3,(H,17,18). The van der Waals surface area contributed by atoms with Crippen molar-refractivity contribution >= 4 is 5.97 Å². The van der Waals surface area contributed by atoms with Crippen LogP contribution in [0.2, 0.25) is 0 Å². The second-order valence-corrected chi connectivity index (χ2v) is 4.34. The van der Waals surface area contributed by atoms with Crippen LogP contribution in [-0.4, -0.2) is 40.8 Å². The van der Waals surface area contributed by atoms with Crippen LogP contribution in [0.15, 0.2) is 30.3 Å². The maximum atomic E-state index is 10.7. The molecule has 1 atom stereocenters. The van der Waals surface area contributed by atoms with E-state index in [1.165, 1.54) is 5.56 Å². The Morgan fingerprint density at radius 2 is 1.94 bits per heavy atom. The van der Waals surface area contributed by atoms with Gasteiger partial charge in [-0.2, -0.15) is 0 Å². The van der Waals surface area contributed by atoms with E-state index < -0.39 is 5.97 Å². The molecule has 0 saturated carbocycles. The molecule has 0 aliphatic heterocycles. The van der Waals surface area contributed by atoms with E-state index in [9.17, 15) is 4.79 Å². The van der Waals surface area contributed by atoms with Gasteiger partial charge in [0.2, 0.25) is 0 Å². The zero-order chi connectivity index (χ0) is 13.4. The van der Waals surface area contributed by atoms with Gasteiger partial charge in [0.1, 0.15) is 0 Å². The number of carbonyl (C=O) groups is 1. The Hall–Kier alpha value is -1.39. The molecule has 1 aromatic carbocycles. The van der Waals surface area contributed by atoms with Gasteiger partial charge in [0, 0.05) is 25.7 Å². The highest BCUT2D eigenvalue weighted by atomic mass is 16.4. The number of nitrogens with zero attached hydrogens (tertiary/aromatic N) is 1. The molecule has 1 rings (SSSR count). The molecule has 1 unspecified atom stereocenters. The van der Waals surface area contributed by atoms with Crippen molar-refractivity contribution in [3.8, 4) is 0 Å². The molecule has 0 aliphatic rings. The molecule has 0 fully saturated rings. The summed E-state index contributed by atoms with van der Waals surface area (Å²) in [7, 11) is 0. The van der Waals surface area contributed by atoms with Crippen molar-refractivity contribution in [2.24, 2.45) is 0 Å². The number of carboxylic acids is 1. The van der Waals surface area contributed by atoms with Gasteiger partial charge < -0.3 is 10.2 Å². The third kappa shape index (κ3) is 4.85. The highest BCUT2D eigenvalue weighted by Gasteiger charge is 2.15. The van der Waals surface area contributed by atoms with Gasteiger partial charge in [0.25, 0.3) is 0 Å². The summed E-state index contributed by atoms with van der Waals surface area (Å²) in [6, 6.07) is 10.2. The minimum atomic E-state index is -0.788. The van der Waals surface area contributed by atoms with Crippen LogP contribution in [0, 0.1) is 0 Å². The van der Waals surface area contributed by atoms with E-state index in [1.54, 1.807) is 0 Å². The minimum Gasteiger partial charge on any atom is -0.481 e. The van der Waals surface area contributed by atoms with E-state index in [-0.39, 0.29) is 19.1 Å². The molecular weight excluding hydrogens is 230 g/mol. The van der Waals surface area contributed by atoms with Crippen molar-refractivity contribution in [3.05, 3.63) is 35.9 Å². The van der Waals surface area contributed by atoms with Crippen LogP contribution in [0.1, 0.15) is 31.4 Å². The number of benzene rings is 1. The average molecular weight is 251 g/mol. The number of carboxylic acid groups (broad SMARTS) is 1. The second-order valence-electron chi connectivity index (χ2n) is 4.34. The number of hydrogen-bond acceptors (Lipinski definition) is 3. The predicted molar refractivity (Wildman–Crippen MR) is 70.4 cm³/mol. The quantitative estimate of drug-likeness (QED) is 0.741. The van der Waals surface area contributed by atoms with Gasteiger partial charge in [-0.05, 0) is 18.9 Å². The van der Waals surface area contributed by atoms with E-state index >= 15 is 0 Å². The summed E-state index contributed by atoms with van der Waals surface area (Å²) >= 11 is 0. The molecule has 100 valence electrons. The van der Waals surface area contributed by atoms with E-state index in [1.807, 2.05) is 30.3 Å². The predicted octanol–water partition coefficient (Wildman–Crippen LogP) is 1.91. The molecule has 0 aliphatic carbocycles. The Morgan fingerprint density at radius 3 is 2.50 bits per heavy atom. The van der Waals surface area contributed by atoms with Gasteiger partial charge >= 0.3 is 5.97 Å². The van der Waals surface area contributed by atoms with Crippen molar-refractivity contribution < 1.29 is 15.0 Å². The fourth-order valence-corrected chi connectivity index (χ4v) is 1.95. The summed E-state index contributed by atoms with van der Waals surface area (Å²) in [4.78, 5) is 12.8. The maximum absolute atomic E-state index is 10.7. The van der Waals surface area contributed by atoms with Gasteiger partial charge in [-0.3, -0.25) is 9.69 Å². The van der Waals surface area contributed by atoms with Crippen LogP contribution in [0.3, 0.4) is 0 Å². The Kier molecular flexibility index (Phi) is 6.39. The van der Waals surface area contributed by atoms with Crippen LogP contribution in [0.4, 0.5) is 0 Å². The van der Waals surface area contributed by atoms with E-state index in [0.717, 1.165) is 0 Å². The van der Waals surface area contributed by atoms with Crippen LogP contribution in [-0.2, 0) is 4.79 Å². The third-order valence-electron chi connectivity index (χ3n) is 3.05. The summed E-state index contributed by atoms with van der Waals surface area (Å²) in [5.41, 5.74) is 1.17. The molecule has 2 N–H and O–H groups in total. The summed E-state index contributed by atoms with van der Waals surface area (Å²) < 4.78 is 0. The highest BCUT2D eigenvalue weighted by Crippen LogP contribution is 2.20. The van der Waals surface area contributed by atoms with Crippen molar-refractivity contribution in [2.75, 3.05) is 19.7 Å². The van der Waals surface area contributed by atoms with Crippen molar-refractivity contribution in [2.45, 2.75) is 25.8 Å². The van der Waals surface area contributed by atoms with Gasteiger partial charge in [-0.1, -0.05) is 30.3 Å². The van der Waals surface area contributed by atoms with Crippen LogP contribution >= 0.6 is 0 Å². The van der Waals surface area contributed by atoms with Gasteiger partial charge in [0.15, 0.2) is 0 Å². The van der Waals surface area contributed by atoms with Crippen molar-refractivity contribution in [1.29, 1.82) is 0 Å². The van der Waals surface area contributed by atoms with E-state index in [4.69, 9.17) is 10.2 Å². The lowest BCUT2D eigenvalue weighted by Crippen LogP contribution is -2.31. The molecule has 4 heteroatoms. The molecule has 1 aromatic rings. The Morgan fingerprint density at radius 1 is 1.28 bits per heavy atom. The lowest BCUT2D eigenvalue weighted by Gasteiger charge is -2.28. The van der Waals surface area contributed by atoms with Gasteiger partial charge in [-0.15, -0.1) is 0 Å². The van der Waals surface area contributed by atoms with Crippen molar-refractivity contribution in [3.63, 3.8) is 0 Å². The molecule has 0 saturated heterocycles.